The molecule has 4 heteroatoms. The highest BCUT2D eigenvalue weighted by Crippen LogP contribution is 2.15. The molecule has 3 atom stereocenters. The van der Waals surface area contributed by atoms with Gasteiger partial charge in [0.25, 0.3) is 0 Å². The van der Waals surface area contributed by atoms with Crippen LogP contribution < -0.4 is 10.6 Å². The molecule has 1 saturated heterocycles. The summed E-state index contributed by atoms with van der Waals surface area (Å²) in [5, 5.41) is 6.49. The summed E-state index contributed by atoms with van der Waals surface area (Å²) in [4.78, 5) is 12.2. The van der Waals surface area contributed by atoms with Crippen LogP contribution in [-0.4, -0.2) is 37.7 Å². The van der Waals surface area contributed by atoms with E-state index in [1.54, 1.807) is 0 Å². The summed E-state index contributed by atoms with van der Waals surface area (Å²) in [7, 11) is 0. The maximum atomic E-state index is 12.2. The Balaban J connectivity index is 2.39. The Morgan fingerprint density at radius 2 is 2.06 bits per heavy atom. The van der Waals surface area contributed by atoms with E-state index in [0.717, 1.165) is 19.4 Å². The summed E-state index contributed by atoms with van der Waals surface area (Å²) in [6, 6.07) is 0.418. The van der Waals surface area contributed by atoms with Crippen LogP contribution in [0.25, 0.3) is 0 Å². The third-order valence-electron chi connectivity index (χ3n) is 3.29. The Morgan fingerprint density at radius 3 is 2.67 bits per heavy atom. The minimum absolute atomic E-state index is 0.0360. The molecule has 0 radical (unpaired) electrons. The lowest BCUT2D eigenvalue weighted by Crippen LogP contribution is -2.46. The van der Waals surface area contributed by atoms with Crippen molar-refractivity contribution in [3.63, 3.8) is 0 Å². The van der Waals surface area contributed by atoms with E-state index in [0.29, 0.717) is 19.1 Å². The molecule has 106 valence electrons. The molecule has 1 heterocycles. The normalized spacial score (nSPS) is 25.4. The highest BCUT2D eigenvalue weighted by Gasteiger charge is 2.33. The number of rotatable bonds is 7. The molecule has 1 fully saturated rings. The van der Waals surface area contributed by atoms with Crippen LogP contribution >= 0.6 is 0 Å². The van der Waals surface area contributed by atoms with Crippen molar-refractivity contribution in [2.24, 2.45) is 11.8 Å². The minimum atomic E-state index is -0.0360. The molecule has 0 aromatic rings. The second-order valence-electron chi connectivity index (χ2n) is 5.74. The molecule has 1 rings (SSSR count). The van der Waals surface area contributed by atoms with Crippen LogP contribution in [-0.2, 0) is 9.53 Å². The lowest BCUT2D eigenvalue weighted by atomic mass is 10.0. The molecule has 0 aromatic heterocycles. The van der Waals surface area contributed by atoms with E-state index in [1.165, 1.54) is 0 Å². The number of hydrogen-bond donors (Lipinski definition) is 2. The lowest BCUT2D eigenvalue weighted by molar-refractivity contribution is -0.126. The fourth-order valence-electron chi connectivity index (χ4n) is 2.46. The van der Waals surface area contributed by atoms with E-state index in [1.807, 2.05) is 0 Å². The largest absolute Gasteiger partial charge is 0.379 e. The summed E-state index contributed by atoms with van der Waals surface area (Å²) >= 11 is 0. The first-order valence-corrected chi connectivity index (χ1v) is 7.16. The first-order chi connectivity index (χ1) is 8.54. The van der Waals surface area contributed by atoms with Gasteiger partial charge >= 0.3 is 0 Å². The molecule has 0 aliphatic carbocycles. The van der Waals surface area contributed by atoms with Crippen molar-refractivity contribution in [1.82, 2.24) is 10.6 Å². The van der Waals surface area contributed by atoms with E-state index in [9.17, 15) is 4.79 Å². The van der Waals surface area contributed by atoms with Gasteiger partial charge < -0.3 is 15.4 Å². The third-order valence-corrected chi connectivity index (χ3v) is 3.29. The zero-order valence-corrected chi connectivity index (χ0v) is 12.2. The number of carbonyl (C=O) groups excluding carboxylic acids is 1. The van der Waals surface area contributed by atoms with Gasteiger partial charge in [0.15, 0.2) is 0 Å². The Morgan fingerprint density at radius 1 is 1.33 bits per heavy atom. The molecule has 1 aliphatic rings. The Kier molecular flexibility index (Phi) is 6.65. The van der Waals surface area contributed by atoms with Gasteiger partial charge in [-0.3, -0.25) is 4.79 Å². The molecule has 18 heavy (non-hydrogen) atoms. The van der Waals surface area contributed by atoms with Crippen molar-refractivity contribution in [3.8, 4) is 0 Å². The number of hydrogen-bond acceptors (Lipinski definition) is 3. The topological polar surface area (TPSA) is 50.4 Å². The average molecular weight is 256 g/mol. The monoisotopic (exact) mass is 256 g/mol. The van der Waals surface area contributed by atoms with Crippen molar-refractivity contribution in [1.29, 1.82) is 0 Å². The highest BCUT2D eigenvalue weighted by molar-refractivity contribution is 5.80. The smallest absolute Gasteiger partial charge is 0.227 e. The van der Waals surface area contributed by atoms with E-state index in [4.69, 9.17) is 4.74 Å². The van der Waals surface area contributed by atoms with Crippen LogP contribution in [0, 0.1) is 11.8 Å². The van der Waals surface area contributed by atoms with E-state index in [-0.39, 0.29) is 23.9 Å². The van der Waals surface area contributed by atoms with Crippen molar-refractivity contribution in [2.75, 3.05) is 19.8 Å². The predicted octanol–water partition coefficient (Wildman–Crippen LogP) is 1.55. The average Bonchev–Trinajstić information content (AvgIpc) is 2.72. The standard InChI is InChI=1S/C14H28N2O2/c1-5-6-15-13-9-18-8-12(13)14(17)16-11(4)7-10(2)3/h10-13,15H,5-9H2,1-4H3,(H,16,17). The summed E-state index contributed by atoms with van der Waals surface area (Å²) in [5.74, 6) is 0.703. The van der Waals surface area contributed by atoms with Gasteiger partial charge in [0, 0.05) is 12.1 Å². The van der Waals surface area contributed by atoms with Crippen molar-refractivity contribution in [3.05, 3.63) is 0 Å². The quantitative estimate of drug-likeness (QED) is 0.726. The molecule has 2 N–H and O–H groups in total. The second-order valence-corrected chi connectivity index (χ2v) is 5.74. The van der Waals surface area contributed by atoms with Gasteiger partial charge in [-0.2, -0.15) is 0 Å². The summed E-state index contributed by atoms with van der Waals surface area (Å²) < 4.78 is 5.43. The fourth-order valence-corrected chi connectivity index (χ4v) is 2.46. The van der Waals surface area contributed by atoms with Gasteiger partial charge in [-0.25, -0.2) is 0 Å². The van der Waals surface area contributed by atoms with Crippen LogP contribution in [0.1, 0.15) is 40.5 Å². The van der Waals surface area contributed by atoms with Gasteiger partial charge in [-0.1, -0.05) is 20.8 Å². The van der Waals surface area contributed by atoms with Gasteiger partial charge in [0.05, 0.1) is 19.1 Å². The van der Waals surface area contributed by atoms with E-state index in [2.05, 4.69) is 38.3 Å². The Bertz CT molecular complexity index is 256. The predicted molar refractivity (Wildman–Crippen MR) is 73.5 cm³/mol. The Hall–Kier alpha value is -0.610. The molecule has 0 spiro atoms. The Labute approximate surface area is 111 Å². The van der Waals surface area contributed by atoms with Crippen LogP contribution in [0.15, 0.2) is 0 Å². The molecule has 3 unspecified atom stereocenters. The first-order valence-electron chi connectivity index (χ1n) is 7.16. The van der Waals surface area contributed by atoms with Crippen LogP contribution in [0.5, 0.6) is 0 Å². The van der Waals surface area contributed by atoms with Gasteiger partial charge in [-0.05, 0) is 32.2 Å². The van der Waals surface area contributed by atoms with Gasteiger partial charge in [0.2, 0.25) is 5.91 Å². The zero-order valence-electron chi connectivity index (χ0n) is 12.2. The van der Waals surface area contributed by atoms with Crippen LogP contribution in [0.3, 0.4) is 0 Å². The summed E-state index contributed by atoms with van der Waals surface area (Å²) in [6.45, 7) is 10.7. The van der Waals surface area contributed by atoms with E-state index < -0.39 is 0 Å². The fraction of sp³-hybridized carbons (Fsp3) is 0.929. The maximum Gasteiger partial charge on any atom is 0.227 e. The number of nitrogens with one attached hydrogen (secondary N) is 2. The molecule has 0 aromatic carbocycles. The number of amides is 1. The molecule has 0 saturated carbocycles. The summed E-state index contributed by atoms with van der Waals surface area (Å²) in [6.07, 6.45) is 2.10. The lowest BCUT2D eigenvalue weighted by Gasteiger charge is -2.22. The minimum Gasteiger partial charge on any atom is -0.379 e. The maximum absolute atomic E-state index is 12.2. The molecule has 1 aliphatic heterocycles. The van der Waals surface area contributed by atoms with Gasteiger partial charge in [-0.15, -0.1) is 0 Å². The molecular weight excluding hydrogens is 228 g/mol. The number of carbonyl (C=O) groups is 1. The first kappa shape index (κ1) is 15.4. The van der Waals surface area contributed by atoms with Crippen LogP contribution in [0.2, 0.25) is 0 Å². The SMILES string of the molecule is CCCNC1COCC1C(=O)NC(C)CC(C)C. The second kappa shape index (κ2) is 7.74. The highest BCUT2D eigenvalue weighted by atomic mass is 16.5. The van der Waals surface area contributed by atoms with Crippen molar-refractivity contribution >= 4 is 5.91 Å². The molecular formula is C14H28N2O2. The van der Waals surface area contributed by atoms with Crippen molar-refractivity contribution in [2.45, 2.75) is 52.6 Å². The molecule has 4 nitrogen and oxygen atoms in total. The molecule has 1 amide bonds. The number of ether oxygens (including phenoxy) is 1. The zero-order chi connectivity index (χ0) is 13.5. The van der Waals surface area contributed by atoms with Crippen molar-refractivity contribution < 1.29 is 9.53 Å². The molecule has 0 bridgehead atoms. The van der Waals surface area contributed by atoms with Gasteiger partial charge in [0.1, 0.15) is 0 Å². The van der Waals surface area contributed by atoms with E-state index >= 15 is 0 Å². The summed E-state index contributed by atoms with van der Waals surface area (Å²) in [5.41, 5.74) is 0. The van der Waals surface area contributed by atoms with Crippen LogP contribution in [0.4, 0.5) is 0 Å². The third kappa shape index (κ3) is 4.94.